The predicted molar refractivity (Wildman–Crippen MR) is 59.2 cm³/mol. The van der Waals surface area contributed by atoms with Gasteiger partial charge in [-0.3, -0.25) is 9.63 Å². The number of carbonyl (C=O) groups excluding carboxylic acids is 1. The van der Waals surface area contributed by atoms with E-state index in [1.54, 1.807) is 20.8 Å². The monoisotopic (exact) mass is 245 g/mol. The van der Waals surface area contributed by atoms with E-state index in [1.165, 1.54) is 0 Å². The van der Waals surface area contributed by atoms with E-state index >= 15 is 0 Å². The molecule has 0 bridgehead atoms. The molecule has 1 saturated carbocycles. The van der Waals surface area contributed by atoms with Crippen LogP contribution in [0.1, 0.15) is 40.0 Å². The highest BCUT2D eigenvalue weighted by molar-refractivity contribution is 5.76. The first-order chi connectivity index (χ1) is 7.75. The van der Waals surface area contributed by atoms with Gasteiger partial charge in [-0.2, -0.15) is 5.48 Å². The Morgan fingerprint density at radius 3 is 2.29 bits per heavy atom. The summed E-state index contributed by atoms with van der Waals surface area (Å²) in [5, 5.41) is 9.01. The van der Waals surface area contributed by atoms with Crippen LogP contribution in [0.3, 0.4) is 0 Å². The van der Waals surface area contributed by atoms with E-state index in [-0.39, 0.29) is 6.61 Å². The first-order valence-electron chi connectivity index (χ1n) is 5.59. The number of hydrogen-bond donors (Lipinski definition) is 2. The largest absolute Gasteiger partial charge is 0.481 e. The first kappa shape index (κ1) is 13.8. The fraction of sp³-hybridized carbons (Fsp3) is 0.818. The third-order valence-electron chi connectivity index (χ3n) is 2.67. The molecular weight excluding hydrogens is 226 g/mol. The van der Waals surface area contributed by atoms with Crippen molar-refractivity contribution in [2.24, 2.45) is 5.41 Å². The van der Waals surface area contributed by atoms with Crippen molar-refractivity contribution in [3.8, 4) is 0 Å². The zero-order valence-electron chi connectivity index (χ0n) is 10.4. The minimum Gasteiger partial charge on any atom is -0.481 e. The molecule has 0 aromatic rings. The second-order valence-electron chi connectivity index (χ2n) is 5.33. The number of aliphatic carboxylic acids is 1. The number of carboxylic acid groups (broad SMARTS) is 1. The second kappa shape index (κ2) is 4.91. The lowest BCUT2D eigenvalue weighted by atomic mass is 9.69. The molecule has 0 saturated heterocycles. The molecule has 1 aliphatic carbocycles. The highest BCUT2D eigenvalue weighted by Gasteiger charge is 2.45. The highest BCUT2D eigenvalue weighted by atomic mass is 16.7. The van der Waals surface area contributed by atoms with E-state index in [0.29, 0.717) is 12.8 Å². The summed E-state index contributed by atoms with van der Waals surface area (Å²) in [4.78, 5) is 27.1. The number of carbonyl (C=O) groups is 2. The van der Waals surface area contributed by atoms with Crippen molar-refractivity contribution in [1.29, 1.82) is 0 Å². The Hall–Kier alpha value is -1.30. The lowest BCUT2D eigenvalue weighted by Gasteiger charge is -2.36. The van der Waals surface area contributed by atoms with Gasteiger partial charge in [0.15, 0.2) is 0 Å². The Morgan fingerprint density at radius 1 is 1.35 bits per heavy atom. The fourth-order valence-electron chi connectivity index (χ4n) is 1.56. The van der Waals surface area contributed by atoms with E-state index in [4.69, 9.17) is 14.7 Å². The molecule has 0 heterocycles. The van der Waals surface area contributed by atoms with E-state index in [1.807, 2.05) is 0 Å². The van der Waals surface area contributed by atoms with Crippen LogP contribution in [0, 0.1) is 5.41 Å². The second-order valence-corrected chi connectivity index (χ2v) is 5.33. The van der Waals surface area contributed by atoms with Crippen molar-refractivity contribution >= 4 is 12.1 Å². The van der Waals surface area contributed by atoms with Gasteiger partial charge in [-0.1, -0.05) is 6.42 Å². The Bertz CT molecular complexity index is 303. The summed E-state index contributed by atoms with van der Waals surface area (Å²) in [5.74, 6) is -0.880. The predicted octanol–water partition coefficient (Wildman–Crippen LogP) is 1.70. The summed E-state index contributed by atoms with van der Waals surface area (Å²) < 4.78 is 4.94. The maximum atomic E-state index is 11.2. The van der Waals surface area contributed by atoms with Gasteiger partial charge in [-0.05, 0) is 33.6 Å². The summed E-state index contributed by atoms with van der Waals surface area (Å²) in [6.07, 6.45) is 1.33. The first-order valence-corrected chi connectivity index (χ1v) is 5.59. The molecule has 0 aliphatic heterocycles. The topological polar surface area (TPSA) is 84.9 Å². The van der Waals surface area contributed by atoms with Crippen LogP contribution in [0.2, 0.25) is 0 Å². The smallest absolute Gasteiger partial charge is 0.431 e. The number of amides is 1. The third-order valence-corrected chi connectivity index (χ3v) is 2.67. The summed E-state index contributed by atoms with van der Waals surface area (Å²) in [5.41, 5.74) is 0.652. The Labute approximate surface area is 100 Å². The van der Waals surface area contributed by atoms with Crippen molar-refractivity contribution in [2.45, 2.75) is 45.6 Å². The maximum absolute atomic E-state index is 11.2. The molecule has 0 spiro atoms. The van der Waals surface area contributed by atoms with Crippen LogP contribution in [0.4, 0.5) is 4.79 Å². The normalized spacial score (nSPS) is 18.1. The van der Waals surface area contributed by atoms with Crippen LogP contribution < -0.4 is 5.48 Å². The molecule has 2 N–H and O–H groups in total. The van der Waals surface area contributed by atoms with Gasteiger partial charge in [0, 0.05) is 0 Å². The summed E-state index contributed by atoms with van der Waals surface area (Å²) in [7, 11) is 0. The molecule has 6 heteroatoms. The van der Waals surface area contributed by atoms with Crippen molar-refractivity contribution in [3.63, 3.8) is 0 Å². The van der Waals surface area contributed by atoms with Crippen LogP contribution >= 0.6 is 0 Å². The molecule has 0 unspecified atom stereocenters. The molecule has 1 rings (SSSR count). The number of rotatable bonds is 4. The summed E-state index contributed by atoms with van der Waals surface area (Å²) in [6, 6.07) is 0. The fourth-order valence-corrected chi connectivity index (χ4v) is 1.56. The minimum atomic E-state index is -0.880. The van der Waals surface area contributed by atoms with Gasteiger partial charge in [0.25, 0.3) is 0 Å². The molecule has 98 valence electrons. The van der Waals surface area contributed by atoms with Gasteiger partial charge in [-0.15, -0.1) is 0 Å². The highest BCUT2D eigenvalue weighted by Crippen LogP contribution is 2.41. The lowest BCUT2D eigenvalue weighted by molar-refractivity contribution is -0.163. The van der Waals surface area contributed by atoms with Crippen molar-refractivity contribution < 1.29 is 24.3 Å². The average molecular weight is 245 g/mol. The van der Waals surface area contributed by atoms with E-state index in [2.05, 4.69) is 5.48 Å². The SMILES string of the molecule is CC(C)(C)OC(=O)NOCC1(C(=O)O)CCC1. The van der Waals surface area contributed by atoms with Crippen LogP contribution in [0.5, 0.6) is 0 Å². The molecule has 1 amide bonds. The van der Waals surface area contributed by atoms with E-state index in [0.717, 1.165) is 6.42 Å². The zero-order valence-corrected chi connectivity index (χ0v) is 10.4. The molecule has 17 heavy (non-hydrogen) atoms. The van der Waals surface area contributed by atoms with Gasteiger partial charge in [0.1, 0.15) is 5.60 Å². The number of hydrogen-bond acceptors (Lipinski definition) is 4. The minimum absolute atomic E-state index is 0.0262. The van der Waals surface area contributed by atoms with E-state index < -0.39 is 23.1 Å². The Morgan fingerprint density at radius 2 is 1.94 bits per heavy atom. The quantitative estimate of drug-likeness (QED) is 0.736. The number of carboxylic acids is 1. The average Bonchev–Trinajstić information content (AvgIpc) is 2.05. The molecule has 1 fully saturated rings. The Balaban J connectivity index is 2.28. The van der Waals surface area contributed by atoms with Gasteiger partial charge < -0.3 is 9.84 Å². The third kappa shape index (κ3) is 3.89. The Kier molecular flexibility index (Phi) is 3.98. The van der Waals surface area contributed by atoms with Crippen LogP contribution in [0.15, 0.2) is 0 Å². The lowest BCUT2D eigenvalue weighted by Crippen LogP contribution is -2.44. The van der Waals surface area contributed by atoms with Crippen LogP contribution in [0.25, 0.3) is 0 Å². The zero-order chi connectivity index (χ0) is 13.1. The number of hydroxylamine groups is 1. The molecule has 0 aromatic carbocycles. The van der Waals surface area contributed by atoms with Crippen molar-refractivity contribution in [2.75, 3.05) is 6.61 Å². The summed E-state index contributed by atoms with van der Waals surface area (Å²) in [6.45, 7) is 5.17. The number of ether oxygens (including phenoxy) is 1. The van der Waals surface area contributed by atoms with Crippen molar-refractivity contribution in [3.05, 3.63) is 0 Å². The maximum Gasteiger partial charge on any atom is 0.431 e. The van der Waals surface area contributed by atoms with Gasteiger partial charge in [0.2, 0.25) is 0 Å². The molecular formula is C11H19NO5. The number of nitrogens with one attached hydrogen (secondary N) is 1. The molecule has 1 aliphatic rings. The summed E-state index contributed by atoms with van der Waals surface area (Å²) >= 11 is 0. The van der Waals surface area contributed by atoms with E-state index in [9.17, 15) is 9.59 Å². The molecule has 0 radical (unpaired) electrons. The van der Waals surface area contributed by atoms with Crippen LogP contribution in [-0.2, 0) is 14.4 Å². The standard InChI is InChI=1S/C11H19NO5/c1-10(2,3)17-9(15)12-16-7-11(8(13)14)5-4-6-11/h4-7H2,1-3H3,(H,12,15)(H,13,14). The van der Waals surface area contributed by atoms with Crippen molar-refractivity contribution in [1.82, 2.24) is 5.48 Å². The molecule has 6 nitrogen and oxygen atoms in total. The van der Waals surface area contributed by atoms with Gasteiger partial charge in [-0.25, -0.2) is 4.79 Å². The van der Waals surface area contributed by atoms with Gasteiger partial charge in [0.05, 0.1) is 12.0 Å². The molecule has 0 atom stereocenters. The van der Waals surface area contributed by atoms with Crippen LogP contribution in [-0.4, -0.2) is 29.4 Å². The molecule has 0 aromatic heterocycles. The van der Waals surface area contributed by atoms with Gasteiger partial charge >= 0.3 is 12.1 Å².